The minimum Gasteiger partial charge on any atom is -0.478 e. The van der Waals surface area contributed by atoms with Crippen LogP contribution in [0.2, 0.25) is 0 Å². The number of carbonyl (C=O) groups excluding carboxylic acids is 1. The second-order valence-corrected chi connectivity index (χ2v) is 9.03. The lowest BCUT2D eigenvalue weighted by atomic mass is 10.1. The molecule has 0 bridgehead atoms. The molecule has 0 saturated carbocycles. The predicted molar refractivity (Wildman–Crippen MR) is 134 cm³/mol. The molecule has 2 aliphatic heterocycles. The number of ether oxygens (including phenoxy) is 1. The number of aromatic nitrogens is 6. The summed E-state index contributed by atoms with van der Waals surface area (Å²) >= 11 is 0. The van der Waals surface area contributed by atoms with Crippen molar-refractivity contribution in [1.29, 1.82) is 0 Å². The second kappa shape index (κ2) is 10.9. The number of halogens is 1. The lowest BCUT2D eigenvalue weighted by molar-refractivity contribution is -0.113. The number of hydrogen-bond donors (Lipinski definition) is 2. The number of methoxy groups -OCH3 is 1. The number of primary amides is 1. The third-order valence-electron chi connectivity index (χ3n) is 6.34. The summed E-state index contributed by atoms with van der Waals surface area (Å²) in [6.07, 6.45) is 6.50. The first-order valence-corrected chi connectivity index (χ1v) is 11.9. The molecular formula is C23H33FN10O2. The third-order valence-corrected chi connectivity index (χ3v) is 6.34. The SMILES string of the molecule is C=CC(N)=O.COc1nn(C2CCN(C)CC2)cc1Nc1nc(N2CCC(F)C2)nn2c(C)cnc12. The van der Waals surface area contributed by atoms with Crippen LogP contribution in [0.5, 0.6) is 5.88 Å². The fraction of sp³-hybridized carbons (Fsp3) is 0.522. The Morgan fingerprint density at radius 2 is 2.00 bits per heavy atom. The number of rotatable bonds is 6. The molecule has 2 saturated heterocycles. The van der Waals surface area contributed by atoms with E-state index in [1.807, 2.05) is 22.7 Å². The van der Waals surface area contributed by atoms with Crippen LogP contribution in [-0.4, -0.2) is 86.7 Å². The van der Waals surface area contributed by atoms with E-state index >= 15 is 0 Å². The molecule has 13 heteroatoms. The van der Waals surface area contributed by atoms with Gasteiger partial charge in [0.1, 0.15) is 11.9 Å². The van der Waals surface area contributed by atoms with Gasteiger partial charge in [-0.1, -0.05) is 6.58 Å². The Kier molecular flexibility index (Phi) is 7.67. The largest absolute Gasteiger partial charge is 0.478 e. The summed E-state index contributed by atoms with van der Waals surface area (Å²) in [5.41, 5.74) is 6.74. The van der Waals surface area contributed by atoms with Crippen LogP contribution in [0.3, 0.4) is 0 Å². The topological polar surface area (TPSA) is 132 Å². The molecule has 5 heterocycles. The van der Waals surface area contributed by atoms with Gasteiger partial charge in [0.05, 0.1) is 37.8 Å². The maximum atomic E-state index is 13.8. The van der Waals surface area contributed by atoms with Crippen molar-refractivity contribution in [3.63, 3.8) is 0 Å². The Balaban J connectivity index is 0.000000556. The molecule has 3 aromatic rings. The molecule has 1 atom stereocenters. The van der Waals surface area contributed by atoms with E-state index in [1.54, 1.807) is 17.8 Å². The summed E-state index contributed by atoms with van der Waals surface area (Å²) in [6.45, 7) is 8.01. The van der Waals surface area contributed by atoms with Gasteiger partial charge in [-0.05, 0) is 52.4 Å². The van der Waals surface area contributed by atoms with Crippen LogP contribution < -0.4 is 20.7 Å². The Bertz CT molecular complexity index is 1220. The Labute approximate surface area is 208 Å². The van der Waals surface area contributed by atoms with Crippen LogP contribution in [0.4, 0.5) is 21.8 Å². The van der Waals surface area contributed by atoms with Gasteiger partial charge in [-0.3, -0.25) is 9.48 Å². The summed E-state index contributed by atoms with van der Waals surface area (Å²) in [4.78, 5) is 22.8. The maximum Gasteiger partial charge on any atom is 0.256 e. The van der Waals surface area contributed by atoms with E-state index in [2.05, 4.69) is 49.7 Å². The van der Waals surface area contributed by atoms with Crippen molar-refractivity contribution < 1.29 is 13.9 Å². The van der Waals surface area contributed by atoms with Crippen LogP contribution in [0.1, 0.15) is 31.0 Å². The number of nitrogens with one attached hydrogen (secondary N) is 1. The lowest BCUT2D eigenvalue weighted by Crippen LogP contribution is -2.31. The highest BCUT2D eigenvalue weighted by Gasteiger charge is 2.26. The minimum atomic E-state index is -0.854. The van der Waals surface area contributed by atoms with Gasteiger partial charge in [0.25, 0.3) is 5.88 Å². The number of fused-ring (bicyclic) bond motifs is 1. The van der Waals surface area contributed by atoms with E-state index in [4.69, 9.17) is 4.74 Å². The fourth-order valence-corrected chi connectivity index (χ4v) is 4.28. The van der Waals surface area contributed by atoms with Gasteiger partial charge in [0.15, 0.2) is 11.5 Å². The van der Waals surface area contributed by atoms with E-state index in [0.717, 1.165) is 43.4 Å². The molecule has 194 valence electrons. The van der Waals surface area contributed by atoms with Crippen molar-refractivity contribution in [2.75, 3.05) is 50.6 Å². The van der Waals surface area contributed by atoms with Crippen molar-refractivity contribution >= 4 is 29.0 Å². The van der Waals surface area contributed by atoms with Gasteiger partial charge in [-0.2, -0.15) is 4.98 Å². The second-order valence-electron chi connectivity index (χ2n) is 9.03. The number of imidazole rings is 1. The Hall–Kier alpha value is -3.74. The third kappa shape index (κ3) is 5.56. The van der Waals surface area contributed by atoms with Crippen molar-refractivity contribution in [2.24, 2.45) is 5.73 Å². The number of likely N-dealkylation sites (tertiary alicyclic amines) is 1. The van der Waals surface area contributed by atoms with E-state index in [1.165, 1.54) is 0 Å². The molecule has 0 aromatic carbocycles. The van der Waals surface area contributed by atoms with E-state index in [9.17, 15) is 9.18 Å². The van der Waals surface area contributed by atoms with Gasteiger partial charge >= 0.3 is 0 Å². The number of alkyl halides is 1. The highest BCUT2D eigenvalue weighted by atomic mass is 19.1. The Morgan fingerprint density at radius 1 is 1.28 bits per heavy atom. The summed E-state index contributed by atoms with van der Waals surface area (Å²) in [5, 5.41) is 12.6. The van der Waals surface area contributed by atoms with Crippen LogP contribution in [0.25, 0.3) is 5.65 Å². The normalized spacial score (nSPS) is 18.7. The number of piperidine rings is 1. The predicted octanol–water partition coefficient (Wildman–Crippen LogP) is 1.85. The summed E-state index contributed by atoms with van der Waals surface area (Å²) in [6, 6.07) is 0.335. The van der Waals surface area contributed by atoms with Crippen molar-refractivity contribution in [3.05, 3.63) is 30.7 Å². The molecule has 2 fully saturated rings. The Morgan fingerprint density at radius 3 is 2.61 bits per heavy atom. The number of aryl methyl sites for hydroxylation is 1. The molecule has 3 N–H and O–H groups in total. The number of nitrogens with zero attached hydrogens (tertiary/aromatic N) is 8. The highest BCUT2D eigenvalue weighted by molar-refractivity contribution is 5.85. The highest BCUT2D eigenvalue weighted by Crippen LogP contribution is 2.32. The first-order valence-electron chi connectivity index (χ1n) is 11.9. The first-order chi connectivity index (χ1) is 17.3. The maximum absolute atomic E-state index is 13.8. The standard InChI is InChI=1S/C20H28FN9O.C3H5NO/c1-13-10-22-18-17(24-20(26-30(13)18)28-9-4-14(21)11-28)23-16-12-29(25-19(16)31-3)15-5-7-27(2)8-6-15;1-2-3(4)5/h10,12,14-15H,4-9,11H2,1-3H3,(H,23,24,26);2H,1H2,(H2,4,5). The average Bonchev–Trinajstić information content (AvgIpc) is 3.59. The van der Waals surface area contributed by atoms with Crippen LogP contribution in [-0.2, 0) is 4.79 Å². The number of anilines is 3. The van der Waals surface area contributed by atoms with E-state index in [-0.39, 0.29) is 0 Å². The van der Waals surface area contributed by atoms with Gasteiger partial charge in [0.2, 0.25) is 11.9 Å². The summed E-state index contributed by atoms with van der Waals surface area (Å²) in [7, 11) is 3.75. The first kappa shape index (κ1) is 25.4. The monoisotopic (exact) mass is 500 g/mol. The summed E-state index contributed by atoms with van der Waals surface area (Å²) in [5.74, 6) is 1.05. The van der Waals surface area contributed by atoms with Gasteiger partial charge in [-0.15, -0.1) is 10.2 Å². The molecule has 36 heavy (non-hydrogen) atoms. The molecule has 12 nitrogen and oxygen atoms in total. The molecule has 0 radical (unpaired) electrons. The molecule has 1 amide bonds. The van der Waals surface area contributed by atoms with Gasteiger partial charge < -0.3 is 25.6 Å². The molecule has 3 aromatic heterocycles. The average molecular weight is 501 g/mol. The van der Waals surface area contributed by atoms with Gasteiger partial charge in [-0.25, -0.2) is 13.9 Å². The zero-order valence-corrected chi connectivity index (χ0v) is 20.9. The summed E-state index contributed by atoms with van der Waals surface area (Å²) < 4.78 is 23.0. The van der Waals surface area contributed by atoms with Crippen LogP contribution in [0.15, 0.2) is 25.0 Å². The van der Waals surface area contributed by atoms with Gasteiger partial charge in [0, 0.05) is 6.54 Å². The lowest BCUT2D eigenvalue weighted by Gasteiger charge is -2.28. The van der Waals surface area contributed by atoms with E-state index in [0.29, 0.717) is 48.8 Å². The molecule has 0 aliphatic carbocycles. The fourth-order valence-electron chi connectivity index (χ4n) is 4.28. The zero-order valence-electron chi connectivity index (χ0n) is 20.9. The molecular weight excluding hydrogens is 467 g/mol. The van der Waals surface area contributed by atoms with Crippen LogP contribution in [0, 0.1) is 6.92 Å². The molecule has 0 spiro atoms. The van der Waals surface area contributed by atoms with Crippen molar-refractivity contribution in [2.45, 2.75) is 38.4 Å². The van der Waals surface area contributed by atoms with Crippen molar-refractivity contribution in [3.8, 4) is 5.88 Å². The quantitative estimate of drug-likeness (QED) is 0.487. The van der Waals surface area contributed by atoms with E-state index < -0.39 is 12.1 Å². The molecule has 2 aliphatic rings. The number of nitrogens with two attached hydrogens (primary N) is 1. The smallest absolute Gasteiger partial charge is 0.256 e. The number of carbonyl (C=O) groups is 1. The number of hydrogen-bond acceptors (Lipinski definition) is 9. The molecule has 5 rings (SSSR count). The zero-order chi connectivity index (χ0) is 25.8. The number of amides is 1. The molecule has 1 unspecified atom stereocenters. The van der Waals surface area contributed by atoms with Crippen LogP contribution >= 0.6 is 0 Å². The van der Waals surface area contributed by atoms with Crippen molar-refractivity contribution in [1.82, 2.24) is 34.3 Å². The minimum absolute atomic E-state index is 0.302.